The van der Waals surface area contributed by atoms with Crippen molar-refractivity contribution in [1.82, 2.24) is 0 Å². The Hall–Kier alpha value is -1.05. The standard InChI is InChI=1S/C16H24O2/c1-2-18-15(17)7-5-6-14-8-12-16(13-9-14)10-3-4-11-16/h5-7H,2-4,8-13H2,1H3/b7-5+. The molecule has 1 spiro atoms. The summed E-state index contributed by atoms with van der Waals surface area (Å²) in [6.07, 6.45) is 16.4. The van der Waals surface area contributed by atoms with Crippen LogP contribution in [0.4, 0.5) is 0 Å². The van der Waals surface area contributed by atoms with E-state index in [1.54, 1.807) is 0 Å². The van der Waals surface area contributed by atoms with Crippen molar-refractivity contribution in [3.63, 3.8) is 0 Å². The van der Waals surface area contributed by atoms with Crippen LogP contribution in [0.3, 0.4) is 0 Å². The van der Waals surface area contributed by atoms with Crippen LogP contribution in [0.1, 0.15) is 58.3 Å². The molecule has 0 radical (unpaired) electrons. The quantitative estimate of drug-likeness (QED) is 0.553. The summed E-state index contributed by atoms with van der Waals surface area (Å²) in [6.45, 7) is 2.27. The Bertz CT molecular complexity index is 334. The van der Waals surface area contributed by atoms with Gasteiger partial charge in [-0.3, -0.25) is 0 Å². The van der Waals surface area contributed by atoms with E-state index in [-0.39, 0.29) is 5.97 Å². The predicted octanol–water partition coefficient (Wildman–Crippen LogP) is 4.17. The second-order valence-corrected chi connectivity index (χ2v) is 5.64. The van der Waals surface area contributed by atoms with Crippen LogP contribution >= 0.6 is 0 Å². The molecule has 2 heteroatoms. The fourth-order valence-electron chi connectivity index (χ4n) is 3.35. The zero-order valence-electron chi connectivity index (χ0n) is 11.4. The van der Waals surface area contributed by atoms with E-state index in [9.17, 15) is 4.79 Å². The minimum Gasteiger partial charge on any atom is -0.463 e. The Morgan fingerprint density at radius 1 is 1.22 bits per heavy atom. The first-order chi connectivity index (χ1) is 8.74. The summed E-state index contributed by atoms with van der Waals surface area (Å²) in [5, 5.41) is 0. The molecule has 0 saturated heterocycles. The highest BCUT2D eigenvalue weighted by atomic mass is 16.5. The predicted molar refractivity (Wildman–Crippen MR) is 73.2 cm³/mol. The second-order valence-electron chi connectivity index (χ2n) is 5.64. The molecule has 0 aliphatic heterocycles. The number of carbonyl (C=O) groups excluding carboxylic acids is 1. The van der Waals surface area contributed by atoms with E-state index in [0.717, 1.165) is 0 Å². The minimum atomic E-state index is -0.238. The van der Waals surface area contributed by atoms with Gasteiger partial charge in [-0.15, -0.1) is 0 Å². The molecule has 2 rings (SSSR count). The van der Waals surface area contributed by atoms with E-state index < -0.39 is 0 Å². The topological polar surface area (TPSA) is 26.3 Å². The molecular weight excluding hydrogens is 224 g/mol. The fraction of sp³-hybridized carbons (Fsp3) is 0.688. The molecule has 0 aromatic heterocycles. The summed E-state index contributed by atoms with van der Waals surface area (Å²) < 4.78 is 4.85. The molecule has 0 heterocycles. The molecule has 0 aromatic rings. The van der Waals surface area contributed by atoms with Gasteiger partial charge in [0.05, 0.1) is 6.61 Å². The summed E-state index contributed by atoms with van der Waals surface area (Å²) >= 11 is 0. The molecule has 2 fully saturated rings. The molecule has 100 valence electrons. The van der Waals surface area contributed by atoms with Gasteiger partial charge in [0.1, 0.15) is 0 Å². The van der Waals surface area contributed by atoms with Gasteiger partial charge < -0.3 is 4.74 Å². The average molecular weight is 248 g/mol. The number of rotatable bonds is 3. The summed E-state index contributed by atoms with van der Waals surface area (Å²) in [6, 6.07) is 0. The van der Waals surface area contributed by atoms with Gasteiger partial charge in [-0.25, -0.2) is 4.79 Å². The van der Waals surface area contributed by atoms with Crippen LogP contribution in [0.25, 0.3) is 0 Å². The van der Waals surface area contributed by atoms with Crippen LogP contribution in [0.5, 0.6) is 0 Å². The molecule has 2 saturated carbocycles. The van der Waals surface area contributed by atoms with Gasteiger partial charge in [-0.2, -0.15) is 0 Å². The van der Waals surface area contributed by atoms with Crippen molar-refractivity contribution in [3.8, 4) is 0 Å². The first-order valence-corrected chi connectivity index (χ1v) is 7.27. The lowest BCUT2D eigenvalue weighted by atomic mass is 9.71. The molecule has 0 atom stereocenters. The fourth-order valence-corrected chi connectivity index (χ4v) is 3.35. The largest absolute Gasteiger partial charge is 0.463 e. The van der Waals surface area contributed by atoms with Crippen LogP contribution in [-0.2, 0) is 9.53 Å². The van der Waals surface area contributed by atoms with Gasteiger partial charge in [0.15, 0.2) is 0 Å². The maximum Gasteiger partial charge on any atom is 0.330 e. The summed E-state index contributed by atoms with van der Waals surface area (Å²) in [5.41, 5.74) is 2.18. The van der Waals surface area contributed by atoms with E-state index in [0.29, 0.717) is 12.0 Å². The summed E-state index contributed by atoms with van der Waals surface area (Å²) in [4.78, 5) is 11.2. The normalized spacial score (nSPS) is 22.6. The zero-order chi connectivity index (χ0) is 12.8. The molecule has 2 nitrogen and oxygen atoms in total. The smallest absolute Gasteiger partial charge is 0.330 e. The zero-order valence-corrected chi connectivity index (χ0v) is 11.4. The second kappa shape index (κ2) is 6.21. The summed E-state index contributed by atoms with van der Waals surface area (Å²) in [5.74, 6) is -0.238. The van der Waals surface area contributed by atoms with Crippen molar-refractivity contribution in [2.75, 3.05) is 6.61 Å². The van der Waals surface area contributed by atoms with Crippen LogP contribution in [-0.4, -0.2) is 12.6 Å². The minimum absolute atomic E-state index is 0.238. The molecule has 0 unspecified atom stereocenters. The molecule has 18 heavy (non-hydrogen) atoms. The lowest BCUT2D eigenvalue weighted by Crippen LogP contribution is -2.20. The number of allylic oxidation sites excluding steroid dienone is 3. The lowest BCUT2D eigenvalue weighted by Gasteiger charge is -2.34. The Morgan fingerprint density at radius 3 is 2.50 bits per heavy atom. The van der Waals surface area contributed by atoms with Gasteiger partial charge in [-0.1, -0.05) is 30.6 Å². The highest BCUT2D eigenvalue weighted by Crippen LogP contribution is 2.49. The maximum absolute atomic E-state index is 11.2. The average Bonchev–Trinajstić information content (AvgIpc) is 2.81. The van der Waals surface area contributed by atoms with E-state index in [1.165, 1.54) is 63.0 Å². The Balaban J connectivity index is 1.80. The van der Waals surface area contributed by atoms with Crippen LogP contribution in [0, 0.1) is 5.41 Å². The van der Waals surface area contributed by atoms with Gasteiger partial charge in [-0.05, 0) is 50.9 Å². The van der Waals surface area contributed by atoms with Gasteiger partial charge >= 0.3 is 5.97 Å². The molecule has 2 aliphatic rings. The van der Waals surface area contributed by atoms with Crippen LogP contribution in [0.15, 0.2) is 23.8 Å². The third-order valence-electron chi connectivity index (χ3n) is 4.47. The Kier molecular flexibility index (Phi) is 4.62. The van der Waals surface area contributed by atoms with Crippen molar-refractivity contribution in [2.45, 2.75) is 58.3 Å². The highest BCUT2D eigenvalue weighted by Gasteiger charge is 2.35. The molecule has 0 amide bonds. The lowest BCUT2D eigenvalue weighted by molar-refractivity contribution is -0.137. The number of carbonyl (C=O) groups is 1. The number of hydrogen-bond donors (Lipinski definition) is 0. The monoisotopic (exact) mass is 248 g/mol. The van der Waals surface area contributed by atoms with E-state index in [1.807, 2.05) is 13.0 Å². The first kappa shape index (κ1) is 13.4. The van der Waals surface area contributed by atoms with E-state index in [4.69, 9.17) is 4.74 Å². The Labute approximate surface area is 110 Å². The number of ether oxygens (including phenoxy) is 1. The van der Waals surface area contributed by atoms with Crippen molar-refractivity contribution >= 4 is 5.97 Å². The van der Waals surface area contributed by atoms with Crippen molar-refractivity contribution in [2.24, 2.45) is 5.41 Å². The third-order valence-corrected chi connectivity index (χ3v) is 4.47. The van der Waals surface area contributed by atoms with Crippen molar-refractivity contribution < 1.29 is 9.53 Å². The molecule has 2 aliphatic carbocycles. The van der Waals surface area contributed by atoms with Crippen molar-refractivity contribution in [1.29, 1.82) is 0 Å². The van der Waals surface area contributed by atoms with Crippen LogP contribution in [0.2, 0.25) is 0 Å². The van der Waals surface area contributed by atoms with Gasteiger partial charge in [0.2, 0.25) is 0 Å². The SMILES string of the molecule is CCOC(=O)/C=C/C=C1CCC2(CCCC2)CC1. The van der Waals surface area contributed by atoms with E-state index >= 15 is 0 Å². The van der Waals surface area contributed by atoms with Crippen LogP contribution < -0.4 is 0 Å². The number of hydrogen-bond acceptors (Lipinski definition) is 2. The molecule has 0 N–H and O–H groups in total. The maximum atomic E-state index is 11.2. The third kappa shape index (κ3) is 3.47. The first-order valence-electron chi connectivity index (χ1n) is 7.27. The molecule has 0 aromatic carbocycles. The van der Waals surface area contributed by atoms with Crippen molar-refractivity contribution in [3.05, 3.63) is 23.8 Å². The highest BCUT2D eigenvalue weighted by molar-refractivity contribution is 5.82. The summed E-state index contributed by atoms with van der Waals surface area (Å²) in [7, 11) is 0. The Morgan fingerprint density at radius 2 is 1.89 bits per heavy atom. The van der Waals surface area contributed by atoms with Gasteiger partial charge in [0, 0.05) is 6.08 Å². The number of esters is 1. The van der Waals surface area contributed by atoms with E-state index in [2.05, 4.69) is 6.08 Å². The molecular formula is C16H24O2. The molecule has 0 bridgehead atoms. The van der Waals surface area contributed by atoms with Gasteiger partial charge in [0.25, 0.3) is 0 Å².